The molecule has 23 heavy (non-hydrogen) atoms. The molecule has 1 rings (SSSR count). The first-order chi connectivity index (χ1) is 10.6. The van der Waals surface area contributed by atoms with E-state index in [1.54, 1.807) is 11.0 Å². The molecule has 1 aliphatic rings. The van der Waals surface area contributed by atoms with Crippen molar-refractivity contribution in [2.45, 2.75) is 46.3 Å². The summed E-state index contributed by atoms with van der Waals surface area (Å²) in [6, 6.07) is -0.531. The van der Waals surface area contributed by atoms with Gasteiger partial charge in [-0.3, -0.25) is 14.5 Å². The normalized spacial score (nSPS) is 19.1. The van der Waals surface area contributed by atoms with E-state index < -0.39 is 12.1 Å². The molecule has 0 aromatic carbocycles. The Labute approximate surface area is 139 Å². The number of β-amino-alcohol motifs (C(OH)–C–C–N with tert-alkyl or cyclic N) is 1. The first-order valence-corrected chi connectivity index (χ1v) is 8.22. The topological polar surface area (TPSA) is 72.9 Å². The maximum absolute atomic E-state index is 12.5. The van der Waals surface area contributed by atoms with Crippen LogP contribution in [0, 0.1) is 5.41 Å². The number of piperazine rings is 1. The van der Waals surface area contributed by atoms with Crippen LogP contribution in [-0.4, -0.2) is 71.6 Å². The first kappa shape index (κ1) is 19.6. The Morgan fingerprint density at radius 1 is 1.26 bits per heavy atom. The number of rotatable bonds is 6. The Bertz CT molecular complexity index is 423. The molecule has 0 aromatic heterocycles. The average Bonchev–Trinajstić information content (AvgIpc) is 2.45. The zero-order chi connectivity index (χ0) is 17.6. The van der Waals surface area contributed by atoms with Crippen molar-refractivity contribution in [1.82, 2.24) is 15.1 Å². The number of amides is 2. The van der Waals surface area contributed by atoms with E-state index >= 15 is 0 Å². The third-order valence-corrected chi connectivity index (χ3v) is 4.19. The quantitative estimate of drug-likeness (QED) is 0.702. The summed E-state index contributed by atoms with van der Waals surface area (Å²) in [5, 5.41) is 12.9. The summed E-state index contributed by atoms with van der Waals surface area (Å²) in [7, 11) is 0. The van der Waals surface area contributed by atoms with Crippen LogP contribution in [0.2, 0.25) is 0 Å². The Morgan fingerprint density at radius 2 is 1.83 bits per heavy atom. The highest BCUT2D eigenvalue weighted by Gasteiger charge is 2.30. The van der Waals surface area contributed by atoms with E-state index in [2.05, 4.69) is 16.8 Å². The van der Waals surface area contributed by atoms with Gasteiger partial charge in [-0.1, -0.05) is 26.8 Å². The van der Waals surface area contributed by atoms with Gasteiger partial charge >= 0.3 is 0 Å². The van der Waals surface area contributed by atoms with E-state index in [-0.39, 0.29) is 17.2 Å². The van der Waals surface area contributed by atoms with Crippen molar-refractivity contribution in [2.24, 2.45) is 5.41 Å². The van der Waals surface area contributed by atoms with E-state index in [9.17, 15) is 14.7 Å². The Balaban J connectivity index is 2.52. The lowest BCUT2D eigenvalue weighted by Crippen LogP contribution is -2.56. The summed E-state index contributed by atoms with van der Waals surface area (Å²) in [4.78, 5) is 27.7. The molecule has 2 amide bonds. The van der Waals surface area contributed by atoms with Crippen molar-refractivity contribution >= 4 is 11.8 Å². The summed E-state index contributed by atoms with van der Waals surface area (Å²) in [6.45, 7) is 14.4. The smallest absolute Gasteiger partial charge is 0.245 e. The van der Waals surface area contributed by atoms with Crippen LogP contribution in [0.5, 0.6) is 0 Å². The number of carbonyl (C=O) groups excluding carboxylic acids is 2. The lowest BCUT2D eigenvalue weighted by molar-refractivity contribution is -0.137. The number of hydrogen-bond acceptors (Lipinski definition) is 4. The molecule has 2 atom stereocenters. The molecule has 0 radical (unpaired) electrons. The van der Waals surface area contributed by atoms with E-state index in [1.807, 2.05) is 20.8 Å². The van der Waals surface area contributed by atoms with Crippen molar-refractivity contribution in [3.8, 4) is 0 Å². The number of hydrogen-bond donors (Lipinski definition) is 2. The Kier molecular flexibility index (Phi) is 7.22. The molecule has 0 aliphatic carbocycles. The van der Waals surface area contributed by atoms with Gasteiger partial charge in [0.2, 0.25) is 11.8 Å². The largest absolute Gasteiger partial charge is 0.391 e. The second-order valence-electron chi connectivity index (χ2n) is 7.29. The molecule has 0 spiro atoms. The third-order valence-electron chi connectivity index (χ3n) is 4.19. The van der Waals surface area contributed by atoms with Gasteiger partial charge in [0.25, 0.3) is 0 Å². The minimum atomic E-state index is -0.531. The van der Waals surface area contributed by atoms with Crippen LogP contribution in [0.4, 0.5) is 0 Å². The summed E-state index contributed by atoms with van der Waals surface area (Å²) < 4.78 is 0. The van der Waals surface area contributed by atoms with Crippen LogP contribution in [0.15, 0.2) is 12.7 Å². The maximum Gasteiger partial charge on any atom is 0.245 e. The molecule has 1 fully saturated rings. The van der Waals surface area contributed by atoms with Crippen molar-refractivity contribution in [3.05, 3.63) is 12.7 Å². The SMILES string of the molecule is C=CC[C@H](NC(C)=O)C(=O)N1CCN(C[C@@H](O)C(C)(C)C)CC1. The zero-order valence-electron chi connectivity index (χ0n) is 14.8. The van der Waals surface area contributed by atoms with Crippen LogP contribution >= 0.6 is 0 Å². The third kappa shape index (κ3) is 6.31. The van der Waals surface area contributed by atoms with Gasteiger partial charge in [0.15, 0.2) is 0 Å². The maximum atomic E-state index is 12.5. The standard InChI is InChI=1S/C17H31N3O3/c1-6-7-14(18-13(2)21)16(23)20-10-8-19(9-11-20)12-15(22)17(3,4)5/h6,14-15,22H,1,7-12H2,2-5H3,(H,18,21)/t14-,15+/m0/s1. The minimum absolute atomic E-state index is 0.0591. The molecule has 132 valence electrons. The van der Waals surface area contributed by atoms with Gasteiger partial charge < -0.3 is 15.3 Å². The van der Waals surface area contributed by atoms with Crippen molar-refractivity contribution in [1.29, 1.82) is 0 Å². The summed E-state index contributed by atoms with van der Waals surface area (Å²) in [5.41, 5.74) is -0.145. The number of aliphatic hydroxyl groups excluding tert-OH is 1. The van der Waals surface area contributed by atoms with Crippen LogP contribution in [0.1, 0.15) is 34.1 Å². The lowest BCUT2D eigenvalue weighted by atomic mass is 9.89. The summed E-state index contributed by atoms with van der Waals surface area (Å²) in [6.07, 6.45) is 1.69. The van der Waals surface area contributed by atoms with Gasteiger partial charge in [-0.25, -0.2) is 0 Å². The van der Waals surface area contributed by atoms with E-state index in [4.69, 9.17) is 0 Å². The highest BCUT2D eigenvalue weighted by atomic mass is 16.3. The predicted molar refractivity (Wildman–Crippen MR) is 90.9 cm³/mol. The number of carbonyl (C=O) groups is 2. The molecule has 6 nitrogen and oxygen atoms in total. The van der Waals surface area contributed by atoms with Crippen molar-refractivity contribution in [3.63, 3.8) is 0 Å². The molecule has 0 saturated carbocycles. The Morgan fingerprint density at radius 3 is 2.26 bits per heavy atom. The number of aliphatic hydroxyl groups is 1. The molecule has 6 heteroatoms. The van der Waals surface area contributed by atoms with Crippen LogP contribution in [-0.2, 0) is 9.59 Å². The molecule has 1 aliphatic heterocycles. The number of nitrogens with one attached hydrogen (secondary N) is 1. The van der Waals surface area contributed by atoms with Gasteiger partial charge in [0, 0.05) is 39.6 Å². The summed E-state index contributed by atoms with van der Waals surface area (Å²) in [5.74, 6) is -0.270. The molecule has 0 aromatic rings. The molecular weight excluding hydrogens is 294 g/mol. The van der Waals surface area contributed by atoms with Gasteiger partial charge in [0.05, 0.1) is 6.10 Å². The highest BCUT2D eigenvalue weighted by Crippen LogP contribution is 2.20. The van der Waals surface area contributed by atoms with E-state index in [1.165, 1.54) is 6.92 Å². The van der Waals surface area contributed by atoms with Gasteiger partial charge in [-0.2, -0.15) is 0 Å². The number of nitrogens with zero attached hydrogens (tertiary/aromatic N) is 2. The van der Waals surface area contributed by atoms with E-state index in [0.29, 0.717) is 26.1 Å². The predicted octanol–water partition coefficient (Wildman–Crippen LogP) is 0.618. The molecular formula is C17H31N3O3. The van der Waals surface area contributed by atoms with Crippen LogP contribution < -0.4 is 5.32 Å². The van der Waals surface area contributed by atoms with Gasteiger partial charge in [-0.05, 0) is 11.8 Å². The zero-order valence-corrected chi connectivity index (χ0v) is 14.8. The minimum Gasteiger partial charge on any atom is -0.391 e. The molecule has 0 unspecified atom stereocenters. The Hall–Kier alpha value is -1.40. The first-order valence-electron chi connectivity index (χ1n) is 8.22. The van der Waals surface area contributed by atoms with Crippen LogP contribution in [0.3, 0.4) is 0 Å². The highest BCUT2D eigenvalue weighted by molar-refractivity contribution is 5.87. The molecule has 2 N–H and O–H groups in total. The fraction of sp³-hybridized carbons (Fsp3) is 0.765. The fourth-order valence-electron chi connectivity index (χ4n) is 2.52. The van der Waals surface area contributed by atoms with Crippen molar-refractivity contribution in [2.75, 3.05) is 32.7 Å². The second kappa shape index (κ2) is 8.45. The molecule has 0 bridgehead atoms. The monoisotopic (exact) mass is 325 g/mol. The second-order valence-corrected chi connectivity index (χ2v) is 7.29. The molecule has 1 saturated heterocycles. The van der Waals surface area contributed by atoms with E-state index in [0.717, 1.165) is 13.1 Å². The summed E-state index contributed by atoms with van der Waals surface area (Å²) >= 11 is 0. The van der Waals surface area contributed by atoms with Crippen molar-refractivity contribution < 1.29 is 14.7 Å². The van der Waals surface area contributed by atoms with Gasteiger partial charge in [0.1, 0.15) is 6.04 Å². The van der Waals surface area contributed by atoms with Crippen LogP contribution in [0.25, 0.3) is 0 Å². The fourth-order valence-corrected chi connectivity index (χ4v) is 2.52. The lowest BCUT2D eigenvalue weighted by Gasteiger charge is -2.39. The molecule has 1 heterocycles. The average molecular weight is 325 g/mol. The van der Waals surface area contributed by atoms with Gasteiger partial charge in [-0.15, -0.1) is 6.58 Å².